The molecular formula is C16H22FNO2. The monoisotopic (exact) mass is 279 g/mol. The van der Waals surface area contributed by atoms with Crippen LogP contribution in [-0.2, 0) is 11.2 Å². The normalized spacial score (nSPS) is 19.1. The summed E-state index contributed by atoms with van der Waals surface area (Å²) in [5, 5.41) is 9.17. The smallest absolute Gasteiger partial charge is 0.222 e. The van der Waals surface area contributed by atoms with Gasteiger partial charge in [0.25, 0.3) is 0 Å². The number of piperidine rings is 1. The van der Waals surface area contributed by atoms with E-state index in [1.54, 1.807) is 12.1 Å². The second-order valence-corrected chi connectivity index (χ2v) is 5.48. The molecule has 1 amide bonds. The third-order valence-corrected chi connectivity index (χ3v) is 3.92. The molecule has 110 valence electrons. The van der Waals surface area contributed by atoms with Gasteiger partial charge in [0.1, 0.15) is 5.82 Å². The van der Waals surface area contributed by atoms with Gasteiger partial charge >= 0.3 is 0 Å². The van der Waals surface area contributed by atoms with Crippen molar-refractivity contribution >= 4 is 5.91 Å². The lowest BCUT2D eigenvalue weighted by molar-refractivity contribution is -0.133. The number of aryl methyl sites for hydroxylation is 1. The van der Waals surface area contributed by atoms with E-state index in [2.05, 4.69) is 0 Å². The molecule has 1 aliphatic rings. The van der Waals surface area contributed by atoms with Crippen LogP contribution in [0.2, 0.25) is 0 Å². The van der Waals surface area contributed by atoms with Gasteiger partial charge in [-0.1, -0.05) is 18.2 Å². The van der Waals surface area contributed by atoms with Crippen molar-refractivity contribution in [2.24, 2.45) is 5.92 Å². The number of benzene rings is 1. The Kier molecular flexibility index (Phi) is 5.53. The van der Waals surface area contributed by atoms with Gasteiger partial charge < -0.3 is 10.0 Å². The fourth-order valence-corrected chi connectivity index (χ4v) is 2.73. The third-order valence-electron chi connectivity index (χ3n) is 3.92. The Bertz CT molecular complexity index is 450. The minimum absolute atomic E-state index is 0.125. The Hall–Kier alpha value is -1.42. The summed E-state index contributed by atoms with van der Waals surface area (Å²) in [4.78, 5) is 13.9. The van der Waals surface area contributed by atoms with E-state index in [4.69, 9.17) is 5.11 Å². The van der Waals surface area contributed by atoms with E-state index in [-0.39, 0.29) is 24.2 Å². The first-order valence-electron chi connectivity index (χ1n) is 7.32. The molecule has 1 saturated heterocycles. The van der Waals surface area contributed by atoms with Crippen LogP contribution in [0.1, 0.15) is 31.2 Å². The van der Waals surface area contributed by atoms with Gasteiger partial charge in [0, 0.05) is 26.1 Å². The zero-order chi connectivity index (χ0) is 14.4. The fraction of sp³-hybridized carbons (Fsp3) is 0.562. The minimum atomic E-state index is -0.196. The van der Waals surface area contributed by atoms with E-state index in [9.17, 15) is 9.18 Å². The van der Waals surface area contributed by atoms with Crippen molar-refractivity contribution in [1.29, 1.82) is 0 Å². The van der Waals surface area contributed by atoms with Gasteiger partial charge in [-0.05, 0) is 43.2 Å². The van der Waals surface area contributed by atoms with Crippen LogP contribution in [0.3, 0.4) is 0 Å². The lowest BCUT2D eigenvalue weighted by Gasteiger charge is -2.32. The van der Waals surface area contributed by atoms with Crippen molar-refractivity contribution in [2.45, 2.75) is 32.1 Å². The number of amides is 1. The molecule has 1 aromatic rings. The average molecular weight is 279 g/mol. The van der Waals surface area contributed by atoms with Gasteiger partial charge in [-0.15, -0.1) is 0 Å². The molecule has 20 heavy (non-hydrogen) atoms. The summed E-state index contributed by atoms with van der Waals surface area (Å²) in [6, 6.07) is 6.71. The van der Waals surface area contributed by atoms with Crippen LogP contribution in [0.25, 0.3) is 0 Å². The summed E-state index contributed by atoms with van der Waals surface area (Å²) >= 11 is 0. The van der Waals surface area contributed by atoms with Crippen molar-refractivity contribution in [3.05, 3.63) is 35.6 Å². The number of rotatable bonds is 5. The molecule has 0 spiro atoms. The Balaban J connectivity index is 1.76. The quantitative estimate of drug-likeness (QED) is 0.899. The minimum Gasteiger partial charge on any atom is -0.396 e. The van der Waals surface area contributed by atoms with Gasteiger partial charge in [-0.25, -0.2) is 4.39 Å². The molecule has 1 fully saturated rings. The second kappa shape index (κ2) is 7.39. The zero-order valence-corrected chi connectivity index (χ0v) is 11.7. The van der Waals surface area contributed by atoms with Crippen LogP contribution in [0, 0.1) is 11.7 Å². The number of halogens is 1. The largest absolute Gasteiger partial charge is 0.396 e. The number of likely N-dealkylation sites (tertiary alicyclic amines) is 1. The summed E-state index contributed by atoms with van der Waals surface area (Å²) < 4.78 is 13.4. The lowest BCUT2D eigenvalue weighted by Crippen LogP contribution is -2.40. The first kappa shape index (κ1) is 15.0. The molecule has 0 saturated carbocycles. The van der Waals surface area contributed by atoms with Crippen LogP contribution in [0.4, 0.5) is 4.39 Å². The Morgan fingerprint density at radius 2 is 2.20 bits per heavy atom. The molecule has 0 radical (unpaired) electrons. The third kappa shape index (κ3) is 4.04. The summed E-state index contributed by atoms with van der Waals surface area (Å²) in [5.41, 5.74) is 0.673. The van der Waals surface area contributed by atoms with Crippen LogP contribution in [0.5, 0.6) is 0 Å². The molecule has 0 bridgehead atoms. The molecule has 0 aliphatic carbocycles. The first-order chi connectivity index (χ1) is 9.70. The van der Waals surface area contributed by atoms with Gasteiger partial charge in [0.05, 0.1) is 0 Å². The Morgan fingerprint density at radius 1 is 1.40 bits per heavy atom. The maximum atomic E-state index is 13.4. The Morgan fingerprint density at radius 3 is 2.95 bits per heavy atom. The van der Waals surface area contributed by atoms with E-state index >= 15 is 0 Å². The second-order valence-electron chi connectivity index (χ2n) is 5.48. The van der Waals surface area contributed by atoms with Crippen LogP contribution < -0.4 is 0 Å². The number of hydrogen-bond acceptors (Lipinski definition) is 2. The molecule has 3 nitrogen and oxygen atoms in total. The first-order valence-corrected chi connectivity index (χ1v) is 7.32. The number of aliphatic hydroxyl groups is 1. The number of nitrogens with zero attached hydrogens (tertiary/aromatic N) is 1. The maximum absolute atomic E-state index is 13.4. The van der Waals surface area contributed by atoms with Crippen LogP contribution in [-0.4, -0.2) is 35.6 Å². The van der Waals surface area contributed by atoms with Crippen molar-refractivity contribution < 1.29 is 14.3 Å². The van der Waals surface area contributed by atoms with Crippen LogP contribution in [0.15, 0.2) is 24.3 Å². The molecule has 1 aromatic carbocycles. The highest BCUT2D eigenvalue weighted by Crippen LogP contribution is 2.17. The molecule has 4 heteroatoms. The van der Waals surface area contributed by atoms with Gasteiger partial charge in [-0.3, -0.25) is 4.79 Å². The summed E-state index contributed by atoms with van der Waals surface area (Å²) in [6.45, 7) is 1.60. The molecule has 1 heterocycles. The molecule has 1 aliphatic heterocycles. The van der Waals surface area contributed by atoms with Crippen molar-refractivity contribution in [2.75, 3.05) is 19.7 Å². The highest BCUT2D eigenvalue weighted by Gasteiger charge is 2.22. The van der Waals surface area contributed by atoms with E-state index in [0.29, 0.717) is 31.4 Å². The molecular weight excluding hydrogens is 257 g/mol. The zero-order valence-electron chi connectivity index (χ0n) is 11.7. The SMILES string of the molecule is O=C(CCCc1ccccc1F)N1CCCC(CO)C1. The Labute approximate surface area is 119 Å². The van der Waals surface area contributed by atoms with Gasteiger partial charge in [0.15, 0.2) is 0 Å². The molecule has 2 rings (SSSR count). The fourth-order valence-electron chi connectivity index (χ4n) is 2.73. The summed E-state index contributed by atoms with van der Waals surface area (Å²) in [6.07, 6.45) is 3.67. The van der Waals surface area contributed by atoms with Gasteiger partial charge in [-0.2, -0.15) is 0 Å². The molecule has 1 unspecified atom stereocenters. The van der Waals surface area contributed by atoms with E-state index in [1.165, 1.54) is 6.07 Å². The highest BCUT2D eigenvalue weighted by molar-refractivity contribution is 5.76. The number of aliphatic hydroxyl groups excluding tert-OH is 1. The maximum Gasteiger partial charge on any atom is 0.222 e. The number of carbonyl (C=O) groups is 1. The van der Waals surface area contributed by atoms with Gasteiger partial charge in [0.2, 0.25) is 5.91 Å². The molecule has 1 atom stereocenters. The van der Waals surface area contributed by atoms with E-state index < -0.39 is 0 Å². The number of carbonyl (C=O) groups excluding carboxylic acids is 1. The van der Waals surface area contributed by atoms with Crippen molar-refractivity contribution in [3.63, 3.8) is 0 Å². The van der Waals surface area contributed by atoms with E-state index in [1.807, 2.05) is 11.0 Å². The van der Waals surface area contributed by atoms with Crippen molar-refractivity contribution in [1.82, 2.24) is 4.90 Å². The van der Waals surface area contributed by atoms with Crippen LogP contribution >= 0.6 is 0 Å². The lowest BCUT2D eigenvalue weighted by atomic mass is 9.98. The standard InChI is InChI=1S/C16H22FNO2/c17-15-8-2-1-6-14(15)7-3-9-16(20)18-10-4-5-13(11-18)12-19/h1-2,6,8,13,19H,3-5,7,9-12H2. The molecule has 1 N–H and O–H groups in total. The highest BCUT2D eigenvalue weighted by atomic mass is 19.1. The molecule has 0 aromatic heterocycles. The predicted octanol–water partition coefficient (Wildman–Crippen LogP) is 2.38. The summed E-state index contributed by atoms with van der Waals surface area (Å²) in [5.74, 6) is 0.150. The van der Waals surface area contributed by atoms with Crippen molar-refractivity contribution in [3.8, 4) is 0 Å². The predicted molar refractivity (Wildman–Crippen MR) is 75.7 cm³/mol. The number of hydrogen-bond donors (Lipinski definition) is 1. The van der Waals surface area contributed by atoms with E-state index in [0.717, 1.165) is 19.4 Å². The summed E-state index contributed by atoms with van der Waals surface area (Å²) in [7, 11) is 0. The topological polar surface area (TPSA) is 40.5 Å². The average Bonchev–Trinajstić information content (AvgIpc) is 2.49.